The molecular weight excluding hydrogens is 384 g/mol. The standard InChI is InChI=1S/C23H30N2O3S/c1-17-12-14-19(15-13-17)29(27,28)24-22-20(11-8-16-25(22)23(2,3)4)21(26)18-9-6-5-7-10-18/h5-7,9-10,12-15,20-21,26H,8,11,16H2,1-4H3/b24-22+/t20-,21+/m0/s1. The average Bonchev–Trinajstić information content (AvgIpc) is 2.67. The zero-order chi connectivity index (χ0) is 21.2. The Balaban J connectivity index is 2.08. The number of piperidine rings is 1. The lowest BCUT2D eigenvalue weighted by atomic mass is 9.85. The zero-order valence-corrected chi connectivity index (χ0v) is 18.4. The number of hydrogen-bond donors (Lipinski definition) is 1. The first kappa shape index (κ1) is 21.5. The molecular formula is C23H30N2O3S. The number of amidine groups is 1. The van der Waals surface area contributed by atoms with Gasteiger partial charge in [0.05, 0.1) is 11.0 Å². The fraction of sp³-hybridized carbons (Fsp3) is 0.435. The van der Waals surface area contributed by atoms with E-state index in [1.807, 2.05) is 62.9 Å². The Morgan fingerprint density at radius 1 is 1.07 bits per heavy atom. The Hall–Kier alpha value is -2.18. The summed E-state index contributed by atoms with van der Waals surface area (Å²) in [6, 6.07) is 16.1. The molecule has 1 N–H and O–H groups in total. The minimum Gasteiger partial charge on any atom is -0.388 e. The fourth-order valence-electron chi connectivity index (χ4n) is 3.78. The van der Waals surface area contributed by atoms with E-state index in [4.69, 9.17) is 0 Å². The lowest BCUT2D eigenvalue weighted by Crippen LogP contribution is -2.52. The average molecular weight is 415 g/mol. The van der Waals surface area contributed by atoms with Crippen molar-refractivity contribution in [1.29, 1.82) is 0 Å². The maximum absolute atomic E-state index is 13.1. The molecule has 0 unspecified atom stereocenters. The van der Waals surface area contributed by atoms with E-state index < -0.39 is 16.1 Å². The van der Waals surface area contributed by atoms with E-state index >= 15 is 0 Å². The predicted octanol–water partition coefficient (Wildman–Crippen LogP) is 4.33. The van der Waals surface area contributed by atoms with Gasteiger partial charge in [-0.05, 0) is 58.2 Å². The van der Waals surface area contributed by atoms with Gasteiger partial charge in [-0.15, -0.1) is 4.40 Å². The van der Waals surface area contributed by atoms with Gasteiger partial charge >= 0.3 is 0 Å². The molecule has 29 heavy (non-hydrogen) atoms. The molecule has 6 heteroatoms. The van der Waals surface area contributed by atoms with Crippen molar-refractivity contribution in [3.8, 4) is 0 Å². The highest BCUT2D eigenvalue weighted by Crippen LogP contribution is 2.35. The molecule has 0 spiro atoms. The third-order valence-electron chi connectivity index (χ3n) is 5.37. The number of rotatable bonds is 4. The van der Waals surface area contributed by atoms with Crippen LogP contribution in [0, 0.1) is 12.8 Å². The number of benzene rings is 2. The number of sulfonamides is 1. The van der Waals surface area contributed by atoms with Gasteiger partial charge in [0.25, 0.3) is 10.0 Å². The molecule has 3 rings (SSSR count). The van der Waals surface area contributed by atoms with Crippen molar-refractivity contribution >= 4 is 15.9 Å². The maximum atomic E-state index is 13.1. The quantitative estimate of drug-likeness (QED) is 0.809. The van der Waals surface area contributed by atoms with Gasteiger partial charge in [0, 0.05) is 18.0 Å². The SMILES string of the molecule is Cc1ccc(S(=O)(=O)/N=C2\[C@H]([C@H](O)c3ccccc3)CCCN2C(C)(C)C)cc1. The molecule has 1 fully saturated rings. The molecule has 2 aromatic carbocycles. The van der Waals surface area contributed by atoms with E-state index in [1.54, 1.807) is 24.3 Å². The normalized spacial score (nSPS) is 20.7. The van der Waals surface area contributed by atoms with Gasteiger partial charge < -0.3 is 10.0 Å². The first-order chi connectivity index (χ1) is 13.6. The molecule has 0 amide bonds. The van der Waals surface area contributed by atoms with Gasteiger partial charge in [-0.2, -0.15) is 8.42 Å². The van der Waals surface area contributed by atoms with Gasteiger partial charge in [-0.1, -0.05) is 48.0 Å². The number of likely N-dealkylation sites (tertiary alicyclic amines) is 1. The van der Waals surface area contributed by atoms with Crippen LogP contribution in [0.3, 0.4) is 0 Å². The van der Waals surface area contributed by atoms with Gasteiger partial charge in [0.1, 0.15) is 5.84 Å². The molecule has 1 saturated heterocycles. The Morgan fingerprint density at radius 3 is 2.28 bits per heavy atom. The summed E-state index contributed by atoms with van der Waals surface area (Å²) in [5.74, 6) is 0.0614. The van der Waals surface area contributed by atoms with Crippen LogP contribution >= 0.6 is 0 Å². The summed E-state index contributed by atoms with van der Waals surface area (Å²) >= 11 is 0. The van der Waals surface area contributed by atoms with Gasteiger partial charge in [0.15, 0.2) is 0 Å². The molecule has 5 nitrogen and oxygen atoms in total. The molecule has 0 bridgehead atoms. The van der Waals surface area contributed by atoms with Gasteiger partial charge in [-0.25, -0.2) is 0 Å². The van der Waals surface area contributed by atoms with Crippen molar-refractivity contribution in [3.63, 3.8) is 0 Å². The summed E-state index contributed by atoms with van der Waals surface area (Å²) in [7, 11) is -3.88. The Kier molecular flexibility index (Phi) is 6.15. The van der Waals surface area contributed by atoms with Gasteiger partial charge in [-0.3, -0.25) is 0 Å². The smallest absolute Gasteiger partial charge is 0.283 e. The third-order valence-corrected chi connectivity index (χ3v) is 6.66. The summed E-state index contributed by atoms with van der Waals surface area (Å²) < 4.78 is 30.5. The van der Waals surface area contributed by atoms with Crippen LogP contribution in [0.5, 0.6) is 0 Å². The highest BCUT2D eigenvalue weighted by Gasteiger charge is 2.38. The summed E-state index contributed by atoms with van der Waals surface area (Å²) in [6.07, 6.45) is 0.744. The van der Waals surface area contributed by atoms with Crippen LogP contribution in [0.25, 0.3) is 0 Å². The fourth-order valence-corrected chi connectivity index (χ4v) is 4.84. The van der Waals surface area contributed by atoms with Gasteiger partial charge in [0.2, 0.25) is 0 Å². The first-order valence-electron chi connectivity index (χ1n) is 10.0. The van der Waals surface area contributed by atoms with Crippen LogP contribution in [0.1, 0.15) is 50.8 Å². The second-order valence-electron chi connectivity index (χ2n) is 8.66. The van der Waals surface area contributed by atoms with E-state index in [-0.39, 0.29) is 16.4 Å². The summed E-state index contributed by atoms with van der Waals surface area (Å²) in [6.45, 7) is 8.75. The molecule has 1 aliphatic rings. The van der Waals surface area contributed by atoms with E-state index in [1.165, 1.54) is 0 Å². The molecule has 2 atom stereocenters. The Labute approximate surface area is 174 Å². The molecule has 0 aliphatic carbocycles. The van der Waals surface area contributed by atoms with E-state index in [9.17, 15) is 13.5 Å². The number of nitrogens with zero attached hydrogens (tertiary/aromatic N) is 2. The molecule has 0 aromatic heterocycles. The second-order valence-corrected chi connectivity index (χ2v) is 10.3. The maximum Gasteiger partial charge on any atom is 0.283 e. The molecule has 156 valence electrons. The van der Waals surface area contributed by atoms with Crippen molar-refractivity contribution in [3.05, 3.63) is 65.7 Å². The van der Waals surface area contributed by atoms with Crippen molar-refractivity contribution in [1.82, 2.24) is 4.90 Å². The molecule has 1 aliphatic heterocycles. The topological polar surface area (TPSA) is 70.0 Å². The van der Waals surface area contributed by atoms with E-state index in [2.05, 4.69) is 4.40 Å². The summed E-state index contributed by atoms with van der Waals surface area (Å²) in [4.78, 5) is 2.20. The van der Waals surface area contributed by atoms with Crippen LogP contribution < -0.4 is 0 Å². The molecule has 2 aromatic rings. The third kappa shape index (κ3) is 4.87. The lowest BCUT2D eigenvalue weighted by molar-refractivity contribution is 0.101. The zero-order valence-electron chi connectivity index (χ0n) is 17.5. The van der Waals surface area contributed by atoms with Crippen molar-refractivity contribution in [2.75, 3.05) is 6.54 Å². The van der Waals surface area contributed by atoms with Crippen LogP contribution in [0.4, 0.5) is 0 Å². The molecule has 0 radical (unpaired) electrons. The number of aryl methyl sites for hydroxylation is 1. The lowest BCUT2D eigenvalue weighted by Gasteiger charge is -2.45. The minimum absolute atomic E-state index is 0.169. The second kappa shape index (κ2) is 8.28. The van der Waals surface area contributed by atoms with Crippen molar-refractivity contribution < 1.29 is 13.5 Å². The van der Waals surface area contributed by atoms with Crippen molar-refractivity contribution in [2.24, 2.45) is 10.3 Å². The first-order valence-corrected chi connectivity index (χ1v) is 11.5. The van der Waals surface area contributed by atoms with E-state index in [0.717, 1.165) is 17.5 Å². The summed E-state index contributed by atoms with van der Waals surface area (Å²) in [5, 5.41) is 11.1. The van der Waals surface area contributed by atoms with Crippen LogP contribution in [0.2, 0.25) is 0 Å². The summed E-state index contributed by atoms with van der Waals surface area (Å²) in [5.41, 5.74) is 1.45. The van der Waals surface area contributed by atoms with E-state index in [0.29, 0.717) is 18.8 Å². The van der Waals surface area contributed by atoms with Crippen molar-refractivity contribution in [2.45, 2.75) is 57.1 Å². The number of aliphatic hydroxyl groups is 1. The largest absolute Gasteiger partial charge is 0.388 e. The molecule has 0 saturated carbocycles. The predicted molar refractivity (Wildman–Crippen MR) is 116 cm³/mol. The van der Waals surface area contributed by atoms with Crippen LogP contribution in [-0.4, -0.2) is 36.3 Å². The Morgan fingerprint density at radius 2 is 1.69 bits per heavy atom. The highest BCUT2D eigenvalue weighted by atomic mass is 32.2. The number of aliphatic hydroxyl groups excluding tert-OH is 1. The number of hydrogen-bond acceptors (Lipinski definition) is 3. The highest BCUT2D eigenvalue weighted by molar-refractivity contribution is 7.90. The van der Waals surface area contributed by atoms with Crippen LogP contribution in [-0.2, 0) is 10.0 Å². The monoisotopic (exact) mass is 414 g/mol. The Bertz CT molecular complexity index is 961. The minimum atomic E-state index is -3.88. The van der Waals surface area contributed by atoms with Crippen LogP contribution in [0.15, 0.2) is 63.9 Å². The molecule has 1 heterocycles.